The molecule has 0 aliphatic carbocycles. The molecule has 7 nitrogen and oxygen atoms in total. The summed E-state index contributed by atoms with van der Waals surface area (Å²) in [7, 11) is -1.99. The van der Waals surface area contributed by atoms with Crippen molar-refractivity contribution in [2.75, 3.05) is 29.6 Å². The predicted molar refractivity (Wildman–Crippen MR) is 126 cm³/mol. The van der Waals surface area contributed by atoms with Gasteiger partial charge in [0.15, 0.2) is 0 Å². The number of para-hydroxylation sites is 2. The summed E-state index contributed by atoms with van der Waals surface area (Å²) in [6.07, 6.45) is 1.16. The minimum atomic E-state index is -3.57. The van der Waals surface area contributed by atoms with Crippen LogP contribution in [0, 0.1) is 0 Å². The Morgan fingerprint density at radius 1 is 0.969 bits per heavy atom. The maximum absolute atomic E-state index is 12.5. The number of benzene rings is 3. The Balaban J connectivity index is 1.77. The number of hydrogen-bond donors (Lipinski definition) is 1. The smallest absolute Gasteiger partial charge is 0.255 e. The molecule has 0 radical (unpaired) electrons. The molecule has 1 amide bonds. The number of nitrogens with one attached hydrogen (secondary N) is 1. The second-order valence-electron chi connectivity index (χ2n) is 7.05. The quantitative estimate of drug-likeness (QED) is 0.521. The molecule has 0 spiro atoms. The lowest BCUT2D eigenvalue weighted by Gasteiger charge is -2.24. The number of amides is 1. The number of nitrogens with zero attached hydrogens (tertiary/aromatic N) is 1. The standard InChI is InChI=1S/C24H26N2O5S/c1-4-31-23-8-6-5-7-22(23)26(32(3,28)29)17-18-9-11-19(12-10-18)24(27)25-20-13-15-21(30-2)16-14-20/h5-16H,4,17H2,1-3H3,(H,25,27). The molecule has 3 rings (SSSR count). The number of carbonyl (C=O) groups excluding carboxylic acids is 1. The SMILES string of the molecule is CCOc1ccccc1N(Cc1ccc(C(=O)Nc2ccc(OC)cc2)cc1)S(C)(=O)=O. The molecule has 0 aliphatic rings. The third-order valence-corrected chi connectivity index (χ3v) is 5.85. The van der Waals surface area contributed by atoms with E-state index in [9.17, 15) is 13.2 Å². The zero-order valence-electron chi connectivity index (χ0n) is 18.2. The van der Waals surface area contributed by atoms with Gasteiger partial charge >= 0.3 is 0 Å². The molecule has 3 aromatic rings. The van der Waals surface area contributed by atoms with Crippen LogP contribution in [0.15, 0.2) is 72.8 Å². The number of hydrogen-bond acceptors (Lipinski definition) is 5. The highest BCUT2D eigenvalue weighted by Gasteiger charge is 2.21. The molecule has 0 aromatic heterocycles. The number of methoxy groups -OCH3 is 1. The average Bonchev–Trinajstić information content (AvgIpc) is 2.78. The molecular weight excluding hydrogens is 428 g/mol. The van der Waals surface area contributed by atoms with E-state index in [0.717, 1.165) is 11.8 Å². The maximum Gasteiger partial charge on any atom is 0.255 e. The Morgan fingerprint density at radius 3 is 2.22 bits per heavy atom. The molecular formula is C24H26N2O5S. The number of sulfonamides is 1. The lowest BCUT2D eigenvalue weighted by molar-refractivity contribution is 0.102. The van der Waals surface area contributed by atoms with Crippen molar-refractivity contribution in [3.05, 3.63) is 83.9 Å². The van der Waals surface area contributed by atoms with E-state index in [1.54, 1.807) is 79.9 Å². The van der Waals surface area contributed by atoms with Crippen molar-refractivity contribution in [2.45, 2.75) is 13.5 Å². The summed E-state index contributed by atoms with van der Waals surface area (Å²) >= 11 is 0. The summed E-state index contributed by atoms with van der Waals surface area (Å²) < 4.78 is 37.0. The molecule has 168 valence electrons. The van der Waals surface area contributed by atoms with Crippen LogP contribution in [0.3, 0.4) is 0 Å². The van der Waals surface area contributed by atoms with Crippen LogP contribution in [0.1, 0.15) is 22.8 Å². The van der Waals surface area contributed by atoms with Crippen LogP contribution in [0.2, 0.25) is 0 Å². The van der Waals surface area contributed by atoms with E-state index in [0.29, 0.717) is 35.0 Å². The minimum absolute atomic E-state index is 0.114. The van der Waals surface area contributed by atoms with Crippen LogP contribution in [0.25, 0.3) is 0 Å². The molecule has 0 saturated heterocycles. The Hall–Kier alpha value is -3.52. The van der Waals surface area contributed by atoms with Gasteiger partial charge in [-0.25, -0.2) is 8.42 Å². The van der Waals surface area contributed by atoms with Crippen molar-refractivity contribution in [3.63, 3.8) is 0 Å². The molecule has 0 heterocycles. The highest BCUT2D eigenvalue weighted by atomic mass is 32.2. The van der Waals surface area contributed by atoms with E-state index < -0.39 is 10.0 Å². The molecule has 1 N–H and O–H groups in total. The van der Waals surface area contributed by atoms with Crippen molar-refractivity contribution in [2.24, 2.45) is 0 Å². The van der Waals surface area contributed by atoms with Crippen LogP contribution < -0.4 is 19.1 Å². The number of rotatable bonds is 9. The van der Waals surface area contributed by atoms with E-state index in [2.05, 4.69) is 5.32 Å². The lowest BCUT2D eigenvalue weighted by atomic mass is 10.1. The maximum atomic E-state index is 12.5. The fraction of sp³-hybridized carbons (Fsp3) is 0.208. The number of carbonyl (C=O) groups is 1. The molecule has 0 atom stereocenters. The Bertz CT molecular complexity index is 1160. The molecule has 8 heteroatoms. The molecule has 32 heavy (non-hydrogen) atoms. The summed E-state index contributed by atoms with van der Waals surface area (Å²) in [4.78, 5) is 12.5. The first-order valence-corrected chi connectivity index (χ1v) is 11.9. The van der Waals surface area contributed by atoms with Gasteiger partial charge in [0.2, 0.25) is 10.0 Å². The summed E-state index contributed by atoms with van der Waals surface area (Å²) in [6.45, 7) is 2.38. The topological polar surface area (TPSA) is 84.9 Å². The Labute approximate surface area is 188 Å². The van der Waals surface area contributed by atoms with Crippen LogP contribution in [-0.4, -0.2) is 34.3 Å². The molecule has 0 fully saturated rings. The first kappa shape index (κ1) is 23.1. The summed E-state index contributed by atoms with van der Waals surface area (Å²) in [6, 6.07) is 20.9. The van der Waals surface area contributed by atoms with Crippen molar-refractivity contribution < 1.29 is 22.7 Å². The minimum Gasteiger partial charge on any atom is -0.497 e. The van der Waals surface area contributed by atoms with Crippen molar-refractivity contribution in [1.82, 2.24) is 0 Å². The third kappa shape index (κ3) is 5.79. The van der Waals surface area contributed by atoms with Gasteiger partial charge in [0.25, 0.3) is 5.91 Å². The zero-order chi connectivity index (χ0) is 23.1. The van der Waals surface area contributed by atoms with Crippen LogP contribution in [0.5, 0.6) is 11.5 Å². The van der Waals surface area contributed by atoms with Crippen molar-refractivity contribution in [3.8, 4) is 11.5 Å². The Morgan fingerprint density at radius 2 is 1.62 bits per heavy atom. The average molecular weight is 455 g/mol. The van der Waals surface area contributed by atoms with E-state index in [-0.39, 0.29) is 12.5 Å². The van der Waals surface area contributed by atoms with Gasteiger partial charge in [-0.2, -0.15) is 0 Å². The van der Waals surface area contributed by atoms with Gasteiger partial charge in [-0.1, -0.05) is 24.3 Å². The summed E-state index contributed by atoms with van der Waals surface area (Å²) in [5.74, 6) is 0.938. The fourth-order valence-corrected chi connectivity index (χ4v) is 4.02. The molecule has 3 aromatic carbocycles. The van der Waals surface area contributed by atoms with Gasteiger partial charge in [0.1, 0.15) is 11.5 Å². The molecule has 0 aliphatic heterocycles. The van der Waals surface area contributed by atoms with E-state index in [1.807, 2.05) is 6.92 Å². The van der Waals surface area contributed by atoms with Gasteiger partial charge in [0.05, 0.1) is 32.2 Å². The second kappa shape index (κ2) is 10.2. The third-order valence-electron chi connectivity index (χ3n) is 4.72. The molecule has 0 unspecified atom stereocenters. The molecule has 0 bridgehead atoms. The van der Waals surface area contributed by atoms with E-state index in [4.69, 9.17) is 9.47 Å². The summed E-state index contributed by atoms with van der Waals surface area (Å²) in [5.41, 5.74) is 2.32. The fourth-order valence-electron chi connectivity index (χ4n) is 3.13. The zero-order valence-corrected chi connectivity index (χ0v) is 19.1. The van der Waals surface area contributed by atoms with Gasteiger partial charge in [0, 0.05) is 11.3 Å². The number of ether oxygens (including phenoxy) is 2. The number of anilines is 2. The van der Waals surface area contributed by atoms with Crippen molar-refractivity contribution >= 4 is 27.3 Å². The normalized spacial score (nSPS) is 11.0. The molecule has 0 saturated carbocycles. The van der Waals surface area contributed by atoms with Gasteiger partial charge in [-0.05, 0) is 61.0 Å². The highest BCUT2D eigenvalue weighted by molar-refractivity contribution is 7.92. The summed E-state index contributed by atoms with van der Waals surface area (Å²) in [5, 5.41) is 2.82. The monoisotopic (exact) mass is 454 g/mol. The highest BCUT2D eigenvalue weighted by Crippen LogP contribution is 2.31. The Kier molecular flexibility index (Phi) is 7.37. The van der Waals surface area contributed by atoms with Gasteiger partial charge < -0.3 is 14.8 Å². The van der Waals surface area contributed by atoms with E-state index in [1.165, 1.54) is 4.31 Å². The first-order valence-electron chi connectivity index (χ1n) is 10.1. The van der Waals surface area contributed by atoms with Gasteiger partial charge in [-0.3, -0.25) is 9.10 Å². The largest absolute Gasteiger partial charge is 0.497 e. The predicted octanol–water partition coefficient (Wildman–Crippen LogP) is 4.31. The van der Waals surface area contributed by atoms with Crippen LogP contribution in [-0.2, 0) is 16.6 Å². The lowest BCUT2D eigenvalue weighted by Crippen LogP contribution is -2.29. The first-order chi connectivity index (χ1) is 15.3. The van der Waals surface area contributed by atoms with Gasteiger partial charge in [-0.15, -0.1) is 0 Å². The van der Waals surface area contributed by atoms with E-state index >= 15 is 0 Å². The van der Waals surface area contributed by atoms with Crippen LogP contribution in [0.4, 0.5) is 11.4 Å². The second-order valence-corrected chi connectivity index (χ2v) is 8.96. The van der Waals surface area contributed by atoms with Crippen LogP contribution >= 0.6 is 0 Å². The van der Waals surface area contributed by atoms with Crippen molar-refractivity contribution in [1.29, 1.82) is 0 Å².